The van der Waals surface area contributed by atoms with E-state index in [1.165, 1.54) is 13.2 Å². The van der Waals surface area contributed by atoms with Crippen molar-refractivity contribution in [2.24, 2.45) is 0 Å². The highest BCUT2D eigenvalue weighted by molar-refractivity contribution is 9.10. The topological polar surface area (TPSA) is 55.4 Å². The lowest BCUT2D eigenvalue weighted by Gasteiger charge is -2.09. The molecule has 0 radical (unpaired) electrons. The fraction of sp³-hybridized carbons (Fsp3) is 0.200. The van der Waals surface area contributed by atoms with Crippen LogP contribution in [0.4, 0.5) is 0 Å². The Balaban J connectivity index is 3.21. The van der Waals surface area contributed by atoms with Crippen LogP contribution in [-0.4, -0.2) is 22.1 Å². The smallest absolute Gasteiger partial charge is 0.245 e. The minimum absolute atomic E-state index is 0.0552. The fourth-order valence-electron chi connectivity index (χ4n) is 1.07. The van der Waals surface area contributed by atoms with Gasteiger partial charge in [-0.05, 0) is 18.2 Å². The van der Waals surface area contributed by atoms with Crippen molar-refractivity contribution < 1.29 is 13.2 Å². The average Bonchev–Trinajstić information content (AvgIpc) is 2.26. The first-order valence-electron chi connectivity index (χ1n) is 4.28. The van der Waals surface area contributed by atoms with Crippen LogP contribution in [0.5, 0.6) is 5.75 Å². The van der Waals surface area contributed by atoms with Crippen molar-refractivity contribution in [3.8, 4) is 18.1 Å². The largest absolute Gasteiger partial charge is 0.495 e. The first-order valence-corrected chi connectivity index (χ1v) is 6.55. The third kappa shape index (κ3) is 2.98. The van der Waals surface area contributed by atoms with Crippen LogP contribution in [-0.2, 0) is 10.0 Å². The summed E-state index contributed by atoms with van der Waals surface area (Å²) in [4.78, 5) is 0.0552. The summed E-state index contributed by atoms with van der Waals surface area (Å²) in [6, 6.07) is 4.71. The SMILES string of the molecule is C#CCNS(=O)(=O)c1cc(Br)ccc1OC. The Morgan fingerprint density at radius 3 is 2.81 bits per heavy atom. The van der Waals surface area contributed by atoms with Crippen molar-refractivity contribution in [1.29, 1.82) is 0 Å². The molecule has 0 spiro atoms. The van der Waals surface area contributed by atoms with E-state index in [2.05, 4.69) is 26.6 Å². The molecule has 1 rings (SSSR count). The zero-order valence-corrected chi connectivity index (χ0v) is 10.9. The van der Waals surface area contributed by atoms with E-state index in [-0.39, 0.29) is 17.2 Å². The fourth-order valence-corrected chi connectivity index (χ4v) is 2.71. The summed E-state index contributed by atoms with van der Waals surface area (Å²) >= 11 is 3.20. The molecule has 0 fully saturated rings. The second kappa shape index (κ2) is 5.34. The zero-order chi connectivity index (χ0) is 12.2. The van der Waals surface area contributed by atoms with E-state index in [4.69, 9.17) is 11.2 Å². The third-order valence-corrected chi connectivity index (χ3v) is 3.70. The molecule has 0 saturated carbocycles. The minimum Gasteiger partial charge on any atom is -0.495 e. The van der Waals surface area contributed by atoms with Crippen LogP contribution in [0.2, 0.25) is 0 Å². The maximum absolute atomic E-state index is 11.8. The molecule has 0 amide bonds. The molecule has 0 aliphatic rings. The number of ether oxygens (including phenoxy) is 1. The Labute approximate surface area is 103 Å². The molecule has 1 N–H and O–H groups in total. The number of rotatable bonds is 4. The average molecular weight is 304 g/mol. The maximum atomic E-state index is 11.8. The van der Waals surface area contributed by atoms with Crippen LogP contribution in [0.15, 0.2) is 27.6 Å². The molecule has 1 aromatic rings. The molecule has 0 aliphatic carbocycles. The van der Waals surface area contributed by atoms with E-state index in [1.807, 2.05) is 0 Å². The summed E-state index contributed by atoms with van der Waals surface area (Å²) in [7, 11) is -2.23. The summed E-state index contributed by atoms with van der Waals surface area (Å²) in [5.41, 5.74) is 0. The summed E-state index contributed by atoms with van der Waals surface area (Å²) in [5.74, 6) is 2.47. The number of nitrogens with one attached hydrogen (secondary N) is 1. The monoisotopic (exact) mass is 303 g/mol. The molecule has 0 unspecified atom stereocenters. The van der Waals surface area contributed by atoms with Crippen molar-refractivity contribution >= 4 is 26.0 Å². The van der Waals surface area contributed by atoms with Crippen molar-refractivity contribution in [3.05, 3.63) is 22.7 Å². The Bertz CT molecular complexity index is 519. The summed E-state index contributed by atoms with van der Waals surface area (Å²) in [6.45, 7) is -0.0575. The summed E-state index contributed by atoms with van der Waals surface area (Å²) < 4.78 is 31.5. The Morgan fingerprint density at radius 2 is 2.25 bits per heavy atom. The molecule has 4 nitrogen and oxygen atoms in total. The second-order valence-electron chi connectivity index (χ2n) is 2.82. The van der Waals surface area contributed by atoms with Gasteiger partial charge < -0.3 is 4.74 Å². The first kappa shape index (κ1) is 13.0. The number of terminal acetylenes is 1. The van der Waals surface area contributed by atoms with Gasteiger partial charge in [-0.25, -0.2) is 8.42 Å². The van der Waals surface area contributed by atoms with E-state index in [0.29, 0.717) is 4.47 Å². The van der Waals surface area contributed by atoms with Gasteiger partial charge in [0, 0.05) is 4.47 Å². The predicted octanol–water partition coefficient (Wildman–Crippen LogP) is 1.37. The Kier molecular flexibility index (Phi) is 4.35. The van der Waals surface area contributed by atoms with Crippen LogP contribution in [0.25, 0.3) is 0 Å². The molecule has 0 aliphatic heterocycles. The van der Waals surface area contributed by atoms with Gasteiger partial charge in [0.05, 0.1) is 13.7 Å². The third-order valence-electron chi connectivity index (χ3n) is 1.78. The summed E-state index contributed by atoms with van der Waals surface area (Å²) in [5, 5.41) is 0. The number of benzene rings is 1. The number of halogens is 1. The van der Waals surface area contributed by atoms with Gasteiger partial charge in [0.15, 0.2) is 0 Å². The minimum atomic E-state index is -3.64. The Morgan fingerprint density at radius 1 is 1.56 bits per heavy atom. The lowest BCUT2D eigenvalue weighted by Crippen LogP contribution is -2.24. The van der Waals surface area contributed by atoms with Crippen molar-refractivity contribution in [1.82, 2.24) is 4.72 Å². The second-order valence-corrected chi connectivity index (χ2v) is 5.47. The van der Waals surface area contributed by atoms with Crippen LogP contribution in [0.3, 0.4) is 0 Å². The predicted molar refractivity (Wildman–Crippen MR) is 64.7 cm³/mol. The van der Waals surface area contributed by atoms with Crippen molar-refractivity contribution in [3.63, 3.8) is 0 Å². The van der Waals surface area contributed by atoms with Crippen LogP contribution >= 0.6 is 15.9 Å². The van der Waals surface area contributed by atoms with Gasteiger partial charge in [-0.3, -0.25) is 0 Å². The lowest BCUT2D eigenvalue weighted by atomic mass is 10.3. The van der Waals surface area contributed by atoms with E-state index >= 15 is 0 Å². The molecule has 6 heteroatoms. The van der Waals surface area contributed by atoms with Crippen LogP contribution in [0, 0.1) is 12.3 Å². The molecular weight excluding hydrogens is 294 g/mol. The highest BCUT2D eigenvalue weighted by Gasteiger charge is 2.18. The molecule has 86 valence electrons. The number of methoxy groups -OCH3 is 1. The molecule has 0 aromatic heterocycles. The Hall–Kier alpha value is -1.03. The zero-order valence-electron chi connectivity index (χ0n) is 8.53. The van der Waals surface area contributed by atoms with Crippen LogP contribution in [0.1, 0.15) is 0 Å². The van der Waals surface area contributed by atoms with Gasteiger partial charge in [0.1, 0.15) is 10.6 Å². The van der Waals surface area contributed by atoms with Gasteiger partial charge >= 0.3 is 0 Å². The van der Waals surface area contributed by atoms with Gasteiger partial charge in [-0.1, -0.05) is 21.9 Å². The van der Waals surface area contributed by atoms with Gasteiger partial charge in [0.25, 0.3) is 0 Å². The first-order chi connectivity index (χ1) is 7.51. The molecule has 0 heterocycles. The van der Waals surface area contributed by atoms with E-state index in [9.17, 15) is 8.42 Å². The molecule has 0 saturated heterocycles. The van der Waals surface area contributed by atoms with E-state index in [0.717, 1.165) is 0 Å². The maximum Gasteiger partial charge on any atom is 0.245 e. The molecular formula is C10H10BrNO3S. The molecule has 16 heavy (non-hydrogen) atoms. The van der Waals surface area contributed by atoms with Gasteiger partial charge in [0.2, 0.25) is 10.0 Å². The van der Waals surface area contributed by atoms with E-state index < -0.39 is 10.0 Å². The quantitative estimate of drug-likeness (QED) is 0.855. The summed E-state index contributed by atoms with van der Waals surface area (Å²) in [6.07, 6.45) is 5.00. The van der Waals surface area contributed by atoms with Crippen LogP contribution < -0.4 is 9.46 Å². The van der Waals surface area contributed by atoms with Crippen molar-refractivity contribution in [2.75, 3.05) is 13.7 Å². The highest BCUT2D eigenvalue weighted by Crippen LogP contribution is 2.26. The molecule has 1 aromatic carbocycles. The van der Waals surface area contributed by atoms with E-state index in [1.54, 1.807) is 12.1 Å². The standard InChI is InChI=1S/C10H10BrNO3S/c1-3-6-12-16(13,14)10-7-8(11)4-5-9(10)15-2/h1,4-5,7,12H,6H2,2H3. The van der Waals surface area contributed by atoms with Gasteiger partial charge in [-0.15, -0.1) is 6.42 Å². The number of hydrogen-bond acceptors (Lipinski definition) is 3. The lowest BCUT2D eigenvalue weighted by molar-refractivity contribution is 0.402. The molecule has 0 atom stereocenters. The van der Waals surface area contributed by atoms with Crippen molar-refractivity contribution in [2.45, 2.75) is 4.90 Å². The normalized spacial score (nSPS) is 10.8. The highest BCUT2D eigenvalue weighted by atomic mass is 79.9. The molecule has 0 bridgehead atoms. The number of hydrogen-bond donors (Lipinski definition) is 1. The number of sulfonamides is 1. The van der Waals surface area contributed by atoms with Gasteiger partial charge in [-0.2, -0.15) is 4.72 Å².